The lowest BCUT2D eigenvalue weighted by atomic mass is 10.3. The van der Waals surface area contributed by atoms with Gasteiger partial charge in [0.1, 0.15) is 12.2 Å². The van der Waals surface area contributed by atoms with E-state index in [1.54, 1.807) is 29.4 Å². The van der Waals surface area contributed by atoms with E-state index in [-0.39, 0.29) is 0 Å². The fourth-order valence-corrected chi connectivity index (χ4v) is 2.56. The lowest BCUT2D eigenvalue weighted by Crippen LogP contribution is -2.39. The lowest BCUT2D eigenvalue weighted by Gasteiger charge is -2.21. The van der Waals surface area contributed by atoms with Gasteiger partial charge in [-0.2, -0.15) is 5.10 Å². The highest BCUT2D eigenvalue weighted by Crippen LogP contribution is 2.09. The fraction of sp³-hybridized carbons (Fsp3) is 0.462. The first-order valence-electron chi connectivity index (χ1n) is 6.47. The van der Waals surface area contributed by atoms with Gasteiger partial charge in [-0.15, -0.1) is 11.3 Å². The van der Waals surface area contributed by atoms with Crippen molar-refractivity contribution in [3.05, 3.63) is 34.5 Å². The van der Waals surface area contributed by atoms with E-state index in [1.165, 1.54) is 4.88 Å². The van der Waals surface area contributed by atoms with Crippen molar-refractivity contribution in [2.24, 2.45) is 12.0 Å². The lowest BCUT2D eigenvalue weighted by molar-refractivity contribution is 0.483. The van der Waals surface area contributed by atoms with E-state index in [2.05, 4.69) is 42.8 Å². The fourth-order valence-electron chi connectivity index (χ4n) is 1.86. The molecule has 0 bridgehead atoms. The zero-order valence-electron chi connectivity index (χ0n) is 12.1. The van der Waals surface area contributed by atoms with Gasteiger partial charge in [0, 0.05) is 32.6 Å². The molecule has 7 heteroatoms. The number of aromatic nitrogens is 3. The maximum absolute atomic E-state index is 4.29. The van der Waals surface area contributed by atoms with Gasteiger partial charge in [-0.3, -0.25) is 9.67 Å². The Morgan fingerprint density at radius 1 is 1.55 bits per heavy atom. The van der Waals surface area contributed by atoms with Gasteiger partial charge in [-0.25, -0.2) is 4.98 Å². The second kappa shape index (κ2) is 7.04. The maximum atomic E-state index is 4.29. The molecule has 1 N–H and O–H groups in total. The third-order valence-electron chi connectivity index (χ3n) is 3.06. The molecule has 0 aliphatic heterocycles. The number of likely N-dealkylation sites (N-methyl/N-ethyl adjacent to an activating group) is 1. The van der Waals surface area contributed by atoms with Gasteiger partial charge in [0.15, 0.2) is 5.96 Å². The third-order valence-corrected chi connectivity index (χ3v) is 3.99. The molecule has 2 aromatic heterocycles. The van der Waals surface area contributed by atoms with Crippen LogP contribution in [0.1, 0.15) is 10.7 Å². The van der Waals surface area contributed by atoms with E-state index < -0.39 is 0 Å². The number of guanidine groups is 1. The quantitative estimate of drug-likeness (QED) is 0.663. The Labute approximate surface area is 123 Å². The molecule has 0 fully saturated rings. The normalized spacial score (nSPS) is 11.7. The first-order valence-corrected chi connectivity index (χ1v) is 7.35. The summed E-state index contributed by atoms with van der Waals surface area (Å²) < 4.78 is 1.76. The summed E-state index contributed by atoms with van der Waals surface area (Å²) in [4.78, 5) is 12.0. The second-order valence-corrected chi connectivity index (χ2v) is 5.48. The Morgan fingerprint density at radius 2 is 2.40 bits per heavy atom. The van der Waals surface area contributed by atoms with Gasteiger partial charge < -0.3 is 10.2 Å². The number of nitrogens with zero attached hydrogens (tertiary/aromatic N) is 5. The van der Waals surface area contributed by atoms with Crippen LogP contribution < -0.4 is 5.32 Å². The summed E-state index contributed by atoms with van der Waals surface area (Å²) in [7, 11) is 5.72. The summed E-state index contributed by atoms with van der Waals surface area (Å²) in [5, 5.41) is 9.45. The zero-order chi connectivity index (χ0) is 14.4. The molecule has 20 heavy (non-hydrogen) atoms. The molecule has 108 valence electrons. The highest BCUT2D eigenvalue weighted by atomic mass is 32.1. The van der Waals surface area contributed by atoms with Crippen LogP contribution in [0.15, 0.2) is 28.8 Å². The molecular weight excluding hydrogens is 272 g/mol. The number of aliphatic imine (C=N–C) groups is 1. The van der Waals surface area contributed by atoms with E-state index >= 15 is 0 Å². The Morgan fingerprint density at radius 3 is 3.00 bits per heavy atom. The van der Waals surface area contributed by atoms with Crippen molar-refractivity contribution in [1.82, 2.24) is 25.0 Å². The van der Waals surface area contributed by atoms with E-state index in [9.17, 15) is 0 Å². The average Bonchev–Trinajstić information content (AvgIpc) is 3.09. The Balaban J connectivity index is 1.83. The SMILES string of the molecule is CN=C(NCc1ncnn1C)N(C)CCc1cccs1. The largest absolute Gasteiger partial charge is 0.349 e. The van der Waals surface area contributed by atoms with Crippen LogP contribution in [-0.2, 0) is 20.0 Å². The van der Waals surface area contributed by atoms with E-state index in [4.69, 9.17) is 0 Å². The van der Waals surface area contributed by atoms with Crippen molar-refractivity contribution in [1.29, 1.82) is 0 Å². The van der Waals surface area contributed by atoms with Crippen molar-refractivity contribution >= 4 is 17.3 Å². The van der Waals surface area contributed by atoms with Crippen LogP contribution in [0.3, 0.4) is 0 Å². The minimum Gasteiger partial charge on any atom is -0.349 e. The molecule has 0 aliphatic carbocycles. The van der Waals surface area contributed by atoms with Crippen molar-refractivity contribution in [3.63, 3.8) is 0 Å². The maximum Gasteiger partial charge on any atom is 0.193 e. The first kappa shape index (κ1) is 14.5. The van der Waals surface area contributed by atoms with Gasteiger partial charge in [-0.1, -0.05) is 6.07 Å². The second-order valence-electron chi connectivity index (χ2n) is 4.45. The van der Waals surface area contributed by atoms with Gasteiger partial charge in [0.25, 0.3) is 0 Å². The summed E-state index contributed by atoms with van der Waals surface area (Å²) in [5.74, 6) is 1.75. The molecule has 0 saturated carbocycles. The highest BCUT2D eigenvalue weighted by Gasteiger charge is 2.08. The van der Waals surface area contributed by atoms with Gasteiger partial charge in [0.05, 0.1) is 6.54 Å². The van der Waals surface area contributed by atoms with Crippen molar-refractivity contribution < 1.29 is 0 Å². The topological polar surface area (TPSA) is 58.3 Å². The average molecular weight is 292 g/mol. The molecule has 0 atom stereocenters. The van der Waals surface area contributed by atoms with Gasteiger partial charge in [0.2, 0.25) is 0 Å². The summed E-state index contributed by atoms with van der Waals surface area (Å²) >= 11 is 1.79. The monoisotopic (exact) mass is 292 g/mol. The van der Waals surface area contributed by atoms with E-state index in [1.807, 2.05) is 14.1 Å². The third kappa shape index (κ3) is 3.80. The van der Waals surface area contributed by atoms with E-state index in [0.29, 0.717) is 6.54 Å². The summed E-state index contributed by atoms with van der Waals surface area (Å²) in [5.41, 5.74) is 0. The number of aryl methyl sites for hydroxylation is 1. The van der Waals surface area contributed by atoms with Crippen LogP contribution in [0.4, 0.5) is 0 Å². The van der Waals surface area contributed by atoms with Gasteiger partial charge >= 0.3 is 0 Å². The molecule has 0 radical (unpaired) electrons. The van der Waals surface area contributed by atoms with Crippen LogP contribution in [-0.4, -0.2) is 46.3 Å². The number of nitrogens with one attached hydrogen (secondary N) is 1. The first-order chi connectivity index (χ1) is 9.70. The standard InChI is InChI=1S/C13H20N6S/c1-14-13(15-9-12-16-10-17-19(12)3)18(2)7-6-11-5-4-8-20-11/h4-5,8,10H,6-7,9H2,1-3H3,(H,14,15). The number of thiophene rings is 1. The number of rotatable bonds is 5. The summed E-state index contributed by atoms with van der Waals surface area (Å²) in [6.07, 6.45) is 2.58. The predicted octanol–water partition coefficient (Wildman–Crippen LogP) is 1.13. The number of hydrogen-bond acceptors (Lipinski definition) is 4. The molecule has 0 unspecified atom stereocenters. The minimum absolute atomic E-state index is 0.618. The van der Waals surface area contributed by atoms with Crippen molar-refractivity contribution in [3.8, 4) is 0 Å². The predicted molar refractivity (Wildman–Crippen MR) is 81.9 cm³/mol. The van der Waals surface area contributed by atoms with Crippen LogP contribution in [0.5, 0.6) is 0 Å². The highest BCUT2D eigenvalue weighted by molar-refractivity contribution is 7.09. The molecular formula is C13H20N6S. The van der Waals surface area contributed by atoms with Crippen LogP contribution in [0, 0.1) is 0 Å². The molecule has 2 aromatic rings. The Kier molecular flexibility index (Phi) is 5.11. The molecule has 2 rings (SSSR count). The Bertz CT molecular complexity index is 545. The van der Waals surface area contributed by atoms with Crippen LogP contribution in [0.25, 0.3) is 0 Å². The molecule has 0 amide bonds. The smallest absolute Gasteiger partial charge is 0.193 e. The van der Waals surface area contributed by atoms with Crippen molar-refractivity contribution in [2.75, 3.05) is 20.6 Å². The molecule has 6 nitrogen and oxygen atoms in total. The zero-order valence-corrected chi connectivity index (χ0v) is 12.9. The van der Waals surface area contributed by atoms with Crippen molar-refractivity contribution in [2.45, 2.75) is 13.0 Å². The number of hydrogen-bond donors (Lipinski definition) is 1. The summed E-state index contributed by atoms with van der Waals surface area (Å²) in [6, 6.07) is 4.25. The molecule has 0 saturated heterocycles. The molecule has 0 aromatic carbocycles. The van der Waals surface area contributed by atoms with E-state index in [0.717, 1.165) is 24.7 Å². The molecule has 0 spiro atoms. The van der Waals surface area contributed by atoms with Gasteiger partial charge in [-0.05, 0) is 17.9 Å². The minimum atomic E-state index is 0.618. The molecule has 2 heterocycles. The van der Waals surface area contributed by atoms with Crippen LogP contribution >= 0.6 is 11.3 Å². The Hall–Kier alpha value is -1.89. The van der Waals surface area contributed by atoms with Crippen LogP contribution in [0.2, 0.25) is 0 Å². The summed E-state index contributed by atoms with van der Waals surface area (Å²) in [6.45, 7) is 1.55. The molecule has 0 aliphatic rings.